The van der Waals surface area contributed by atoms with E-state index in [2.05, 4.69) is 5.32 Å². The first kappa shape index (κ1) is 14.6. The minimum atomic E-state index is -0.462. The zero-order chi connectivity index (χ0) is 14.9. The summed E-state index contributed by atoms with van der Waals surface area (Å²) in [5, 5.41) is 2.81. The summed E-state index contributed by atoms with van der Waals surface area (Å²) in [7, 11) is 0. The molecule has 20 heavy (non-hydrogen) atoms. The zero-order valence-corrected chi connectivity index (χ0v) is 12.5. The van der Waals surface area contributed by atoms with E-state index in [0.717, 1.165) is 5.76 Å². The average molecular weight is 278 g/mol. The molecule has 1 N–H and O–H groups in total. The number of hydrogen-bond donors (Lipinski definition) is 1. The molecule has 0 aliphatic carbocycles. The van der Waals surface area contributed by atoms with Crippen LogP contribution in [-0.2, 0) is 16.1 Å². The van der Waals surface area contributed by atoms with Crippen LogP contribution in [0.5, 0.6) is 0 Å². The van der Waals surface area contributed by atoms with Gasteiger partial charge in [0, 0.05) is 0 Å². The van der Waals surface area contributed by atoms with Crippen LogP contribution in [0.15, 0.2) is 16.5 Å². The molecule has 1 saturated heterocycles. The van der Waals surface area contributed by atoms with Gasteiger partial charge in [0.1, 0.15) is 23.6 Å². The van der Waals surface area contributed by atoms with Crippen molar-refractivity contribution in [3.05, 3.63) is 23.7 Å². The van der Waals surface area contributed by atoms with Crippen molar-refractivity contribution in [2.45, 2.75) is 52.7 Å². The number of nitrogens with one attached hydrogen (secondary N) is 1. The minimum absolute atomic E-state index is 0.0279. The lowest BCUT2D eigenvalue weighted by Crippen LogP contribution is -2.62. The smallest absolute Gasteiger partial charge is 0.246 e. The highest BCUT2D eigenvalue weighted by atomic mass is 16.3. The third-order valence-electron chi connectivity index (χ3n) is 3.57. The van der Waals surface area contributed by atoms with Gasteiger partial charge in [0.15, 0.2) is 0 Å². The van der Waals surface area contributed by atoms with Gasteiger partial charge in [0.05, 0.1) is 6.54 Å². The van der Waals surface area contributed by atoms with E-state index in [1.165, 1.54) is 0 Å². The van der Waals surface area contributed by atoms with Gasteiger partial charge in [-0.05, 0) is 38.3 Å². The number of carbonyl (C=O) groups excluding carboxylic acids is 2. The molecule has 0 radical (unpaired) electrons. The molecular weight excluding hydrogens is 256 g/mol. The first-order valence-electron chi connectivity index (χ1n) is 7.04. The Labute approximate surface area is 119 Å². The topological polar surface area (TPSA) is 62.6 Å². The second-order valence-electron chi connectivity index (χ2n) is 5.85. The molecule has 1 aromatic rings. The van der Waals surface area contributed by atoms with Gasteiger partial charge in [0.25, 0.3) is 0 Å². The van der Waals surface area contributed by atoms with Gasteiger partial charge < -0.3 is 14.6 Å². The van der Waals surface area contributed by atoms with Crippen molar-refractivity contribution in [2.24, 2.45) is 5.92 Å². The fourth-order valence-corrected chi connectivity index (χ4v) is 2.47. The molecule has 0 spiro atoms. The van der Waals surface area contributed by atoms with E-state index in [0.29, 0.717) is 24.6 Å². The molecular formula is C15H22N2O3. The van der Waals surface area contributed by atoms with Crippen LogP contribution in [0.1, 0.15) is 38.7 Å². The number of aryl methyl sites for hydroxylation is 1. The van der Waals surface area contributed by atoms with Crippen molar-refractivity contribution in [3.8, 4) is 0 Å². The van der Waals surface area contributed by atoms with Gasteiger partial charge in [0.2, 0.25) is 11.8 Å². The fourth-order valence-electron chi connectivity index (χ4n) is 2.47. The molecule has 1 aromatic heterocycles. The molecule has 2 unspecified atom stereocenters. The van der Waals surface area contributed by atoms with Crippen molar-refractivity contribution in [2.75, 3.05) is 0 Å². The number of amides is 2. The van der Waals surface area contributed by atoms with Crippen LogP contribution in [0.2, 0.25) is 0 Å². The summed E-state index contributed by atoms with van der Waals surface area (Å²) >= 11 is 0. The highest BCUT2D eigenvalue weighted by Crippen LogP contribution is 2.19. The summed E-state index contributed by atoms with van der Waals surface area (Å²) in [6.07, 6.45) is 0.658. The van der Waals surface area contributed by atoms with E-state index in [9.17, 15) is 9.59 Å². The van der Waals surface area contributed by atoms with Gasteiger partial charge in [-0.1, -0.05) is 13.8 Å². The number of rotatable bonds is 4. The Morgan fingerprint density at radius 3 is 2.60 bits per heavy atom. The lowest BCUT2D eigenvalue weighted by molar-refractivity contribution is -0.150. The quantitative estimate of drug-likeness (QED) is 0.914. The van der Waals surface area contributed by atoms with Crippen LogP contribution in [0, 0.1) is 12.8 Å². The maximum atomic E-state index is 12.5. The van der Waals surface area contributed by atoms with Crippen LogP contribution in [-0.4, -0.2) is 28.8 Å². The molecule has 2 amide bonds. The normalized spacial score (nSPS) is 23.4. The van der Waals surface area contributed by atoms with Crippen molar-refractivity contribution >= 4 is 11.8 Å². The zero-order valence-electron chi connectivity index (χ0n) is 12.5. The lowest BCUT2D eigenvalue weighted by Gasteiger charge is -2.37. The summed E-state index contributed by atoms with van der Waals surface area (Å²) in [5.41, 5.74) is 0. The third kappa shape index (κ3) is 3.03. The SMILES string of the molecule is Cc1ccc(CN2C(=O)C(CC(C)C)NC(=O)C2C)o1. The molecule has 2 rings (SSSR count). The van der Waals surface area contributed by atoms with E-state index in [4.69, 9.17) is 4.42 Å². The summed E-state index contributed by atoms with van der Waals surface area (Å²) in [6, 6.07) is 2.82. The molecule has 0 saturated carbocycles. The Morgan fingerprint density at radius 1 is 1.35 bits per heavy atom. The van der Waals surface area contributed by atoms with Crippen molar-refractivity contribution < 1.29 is 14.0 Å². The second-order valence-corrected chi connectivity index (χ2v) is 5.85. The number of carbonyl (C=O) groups is 2. The Hall–Kier alpha value is -1.78. The van der Waals surface area contributed by atoms with Gasteiger partial charge in [-0.2, -0.15) is 0 Å². The fraction of sp³-hybridized carbons (Fsp3) is 0.600. The number of furan rings is 1. The molecule has 2 atom stereocenters. The van der Waals surface area contributed by atoms with Crippen molar-refractivity contribution in [1.29, 1.82) is 0 Å². The van der Waals surface area contributed by atoms with Crippen LogP contribution < -0.4 is 5.32 Å². The third-order valence-corrected chi connectivity index (χ3v) is 3.57. The first-order chi connectivity index (χ1) is 9.38. The van der Waals surface area contributed by atoms with Gasteiger partial charge >= 0.3 is 0 Å². The highest BCUT2D eigenvalue weighted by Gasteiger charge is 2.38. The minimum Gasteiger partial charge on any atom is -0.464 e. The molecule has 110 valence electrons. The first-order valence-corrected chi connectivity index (χ1v) is 7.04. The van der Waals surface area contributed by atoms with E-state index in [-0.39, 0.29) is 11.8 Å². The van der Waals surface area contributed by atoms with Crippen molar-refractivity contribution in [1.82, 2.24) is 10.2 Å². The molecule has 0 aromatic carbocycles. The van der Waals surface area contributed by atoms with E-state index >= 15 is 0 Å². The van der Waals surface area contributed by atoms with Crippen LogP contribution in [0.3, 0.4) is 0 Å². The summed E-state index contributed by atoms with van der Waals surface area (Å²) in [5.74, 6) is 1.74. The Kier molecular flexibility index (Phi) is 4.16. The molecule has 1 fully saturated rings. The molecule has 2 heterocycles. The largest absolute Gasteiger partial charge is 0.464 e. The summed E-state index contributed by atoms with van der Waals surface area (Å²) in [6.45, 7) is 8.03. The van der Waals surface area contributed by atoms with E-state index in [1.807, 2.05) is 32.9 Å². The number of hydrogen-bond acceptors (Lipinski definition) is 3. The predicted octanol–water partition coefficient (Wildman–Crippen LogP) is 1.85. The average Bonchev–Trinajstić information content (AvgIpc) is 2.77. The Bertz CT molecular complexity index is 507. The van der Waals surface area contributed by atoms with Gasteiger partial charge in [-0.15, -0.1) is 0 Å². The predicted molar refractivity (Wildman–Crippen MR) is 74.8 cm³/mol. The standard InChI is InChI=1S/C15H22N2O3/c1-9(2)7-13-15(19)17(11(4)14(18)16-13)8-12-6-5-10(3)20-12/h5-6,9,11,13H,7-8H2,1-4H3,(H,16,18). The maximum absolute atomic E-state index is 12.5. The van der Waals surface area contributed by atoms with Gasteiger partial charge in [-0.3, -0.25) is 9.59 Å². The van der Waals surface area contributed by atoms with E-state index in [1.54, 1.807) is 11.8 Å². The Morgan fingerprint density at radius 2 is 2.05 bits per heavy atom. The lowest BCUT2D eigenvalue weighted by atomic mass is 9.99. The number of piperazine rings is 1. The molecule has 5 heteroatoms. The van der Waals surface area contributed by atoms with Crippen LogP contribution in [0.25, 0.3) is 0 Å². The summed E-state index contributed by atoms with van der Waals surface area (Å²) < 4.78 is 5.51. The second kappa shape index (κ2) is 5.69. The maximum Gasteiger partial charge on any atom is 0.246 e. The molecule has 0 bridgehead atoms. The summed E-state index contributed by atoms with van der Waals surface area (Å²) in [4.78, 5) is 26.1. The highest BCUT2D eigenvalue weighted by molar-refractivity contribution is 5.96. The van der Waals surface area contributed by atoms with Crippen molar-refractivity contribution in [3.63, 3.8) is 0 Å². The van der Waals surface area contributed by atoms with Gasteiger partial charge in [-0.25, -0.2) is 0 Å². The monoisotopic (exact) mass is 278 g/mol. The molecule has 1 aliphatic rings. The molecule has 5 nitrogen and oxygen atoms in total. The Balaban J connectivity index is 2.15. The van der Waals surface area contributed by atoms with Crippen LogP contribution >= 0.6 is 0 Å². The van der Waals surface area contributed by atoms with E-state index < -0.39 is 12.1 Å². The number of nitrogens with zero attached hydrogens (tertiary/aromatic N) is 1. The molecule has 1 aliphatic heterocycles. The van der Waals surface area contributed by atoms with Crippen LogP contribution in [0.4, 0.5) is 0 Å².